The Morgan fingerprint density at radius 3 is 2.88 bits per heavy atom. The molecule has 0 saturated heterocycles. The van der Waals surface area contributed by atoms with Gasteiger partial charge in [-0.05, 0) is 52.0 Å². The summed E-state index contributed by atoms with van der Waals surface area (Å²) in [7, 11) is 0. The standard InChI is InChI=1S/C12H9BrFNOS/c1-7-5-9(14)8(13)6-10(7)15-12(16)11-3-2-4-17-11/h2-6H,1H3,(H,15,16). The molecule has 1 N–H and O–H groups in total. The van der Waals surface area contributed by atoms with Gasteiger partial charge in [-0.3, -0.25) is 4.79 Å². The van der Waals surface area contributed by atoms with E-state index < -0.39 is 0 Å². The number of carbonyl (C=O) groups is 1. The molecule has 1 aromatic carbocycles. The third-order valence-corrected chi connectivity index (χ3v) is 3.74. The number of anilines is 1. The summed E-state index contributed by atoms with van der Waals surface area (Å²) in [5, 5.41) is 4.59. The number of hydrogen-bond donors (Lipinski definition) is 1. The van der Waals surface area contributed by atoms with Gasteiger partial charge in [0, 0.05) is 5.69 Å². The smallest absolute Gasteiger partial charge is 0.265 e. The van der Waals surface area contributed by atoms with Crippen LogP contribution in [0.2, 0.25) is 0 Å². The summed E-state index contributed by atoms with van der Waals surface area (Å²) < 4.78 is 13.6. The summed E-state index contributed by atoms with van der Waals surface area (Å²) in [5.74, 6) is -0.516. The molecule has 2 nitrogen and oxygen atoms in total. The van der Waals surface area contributed by atoms with Crippen LogP contribution in [0.15, 0.2) is 34.1 Å². The molecule has 0 radical (unpaired) electrons. The predicted molar refractivity (Wildman–Crippen MR) is 71.1 cm³/mol. The minimum atomic E-state index is -0.336. The number of thiophene rings is 1. The van der Waals surface area contributed by atoms with Crippen LogP contribution in [-0.2, 0) is 0 Å². The van der Waals surface area contributed by atoms with Crippen LogP contribution in [0.1, 0.15) is 15.2 Å². The third-order valence-electron chi connectivity index (χ3n) is 2.26. The fraction of sp³-hybridized carbons (Fsp3) is 0.0833. The van der Waals surface area contributed by atoms with Crippen LogP contribution in [0.3, 0.4) is 0 Å². The lowest BCUT2D eigenvalue weighted by Crippen LogP contribution is -2.11. The minimum absolute atomic E-state index is 0.179. The van der Waals surface area contributed by atoms with E-state index in [1.807, 2.05) is 11.4 Å². The van der Waals surface area contributed by atoms with Crippen molar-refractivity contribution in [2.75, 3.05) is 5.32 Å². The Morgan fingerprint density at radius 1 is 1.47 bits per heavy atom. The predicted octanol–water partition coefficient (Wildman–Crippen LogP) is 4.21. The second-order valence-electron chi connectivity index (χ2n) is 3.51. The van der Waals surface area contributed by atoms with Gasteiger partial charge in [0.25, 0.3) is 5.91 Å². The van der Waals surface area contributed by atoms with Crippen LogP contribution in [0.25, 0.3) is 0 Å². The zero-order chi connectivity index (χ0) is 12.4. The molecule has 1 heterocycles. The maximum Gasteiger partial charge on any atom is 0.265 e. The highest BCUT2D eigenvalue weighted by Crippen LogP contribution is 2.25. The number of nitrogens with one attached hydrogen (secondary N) is 1. The van der Waals surface area contributed by atoms with Crippen molar-refractivity contribution in [3.63, 3.8) is 0 Å². The van der Waals surface area contributed by atoms with E-state index >= 15 is 0 Å². The summed E-state index contributed by atoms with van der Waals surface area (Å²) in [6.45, 7) is 1.75. The topological polar surface area (TPSA) is 29.1 Å². The Labute approximate surface area is 111 Å². The molecule has 0 aliphatic heterocycles. The van der Waals surface area contributed by atoms with E-state index in [2.05, 4.69) is 21.2 Å². The van der Waals surface area contributed by atoms with Gasteiger partial charge in [-0.15, -0.1) is 11.3 Å². The van der Waals surface area contributed by atoms with Gasteiger partial charge in [0.2, 0.25) is 0 Å². The van der Waals surface area contributed by atoms with E-state index in [1.54, 1.807) is 19.1 Å². The van der Waals surface area contributed by atoms with Crippen molar-refractivity contribution < 1.29 is 9.18 Å². The average molecular weight is 314 g/mol. The first-order valence-corrected chi connectivity index (χ1v) is 6.55. The first-order valence-electron chi connectivity index (χ1n) is 4.88. The highest BCUT2D eigenvalue weighted by molar-refractivity contribution is 9.10. The number of amides is 1. The molecule has 0 spiro atoms. The normalized spacial score (nSPS) is 10.3. The van der Waals surface area contributed by atoms with Gasteiger partial charge in [-0.25, -0.2) is 4.39 Å². The van der Waals surface area contributed by atoms with E-state index in [4.69, 9.17) is 0 Å². The number of halogens is 2. The molecule has 0 saturated carbocycles. The molecule has 1 aromatic heterocycles. The molecule has 2 rings (SSSR count). The minimum Gasteiger partial charge on any atom is -0.321 e. The van der Waals surface area contributed by atoms with Crippen molar-refractivity contribution in [3.05, 3.63) is 50.4 Å². The second-order valence-corrected chi connectivity index (χ2v) is 5.31. The largest absolute Gasteiger partial charge is 0.321 e. The molecule has 17 heavy (non-hydrogen) atoms. The zero-order valence-corrected chi connectivity index (χ0v) is 11.4. The molecular formula is C12H9BrFNOS. The molecule has 0 aliphatic rings. The van der Waals surface area contributed by atoms with Crippen molar-refractivity contribution in [2.24, 2.45) is 0 Å². The van der Waals surface area contributed by atoms with Gasteiger partial charge in [0.05, 0.1) is 9.35 Å². The van der Waals surface area contributed by atoms with Crippen molar-refractivity contribution in [1.82, 2.24) is 0 Å². The lowest BCUT2D eigenvalue weighted by molar-refractivity contribution is 0.103. The molecule has 2 aromatic rings. The third kappa shape index (κ3) is 2.73. The summed E-state index contributed by atoms with van der Waals surface area (Å²) in [6, 6.07) is 6.51. The van der Waals surface area contributed by atoms with E-state index in [0.717, 1.165) is 0 Å². The van der Waals surface area contributed by atoms with Crippen molar-refractivity contribution in [3.8, 4) is 0 Å². The summed E-state index contributed by atoms with van der Waals surface area (Å²) in [4.78, 5) is 12.4. The number of aryl methyl sites for hydroxylation is 1. The van der Waals surface area contributed by atoms with Crippen molar-refractivity contribution in [2.45, 2.75) is 6.92 Å². The van der Waals surface area contributed by atoms with Crippen LogP contribution in [-0.4, -0.2) is 5.91 Å². The van der Waals surface area contributed by atoms with E-state index in [1.165, 1.54) is 17.4 Å². The molecule has 0 fully saturated rings. The molecule has 0 aliphatic carbocycles. The highest BCUT2D eigenvalue weighted by Gasteiger charge is 2.10. The Bertz CT molecular complexity index is 554. The average Bonchev–Trinajstić information content (AvgIpc) is 2.79. The number of hydrogen-bond acceptors (Lipinski definition) is 2. The highest BCUT2D eigenvalue weighted by atomic mass is 79.9. The van der Waals surface area contributed by atoms with Gasteiger partial charge in [-0.2, -0.15) is 0 Å². The number of benzene rings is 1. The van der Waals surface area contributed by atoms with Crippen LogP contribution in [0.4, 0.5) is 10.1 Å². The monoisotopic (exact) mass is 313 g/mol. The zero-order valence-electron chi connectivity index (χ0n) is 8.96. The van der Waals surface area contributed by atoms with Crippen LogP contribution >= 0.6 is 27.3 Å². The number of rotatable bonds is 2. The molecule has 1 amide bonds. The maximum absolute atomic E-state index is 13.2. The lowest BCUT2D eigenvalue weighted by atomic mass is 10.2. The van der Waals surface area contributed by atoms with Crippen LogP contribution in [0.5, 0.6) is 0 Å². The maximum atomic E-state index is 13.2. The Balaban J connectivity index is 2.25. The van der Waals surface area contributed by atoms with Crippen LogP contribution < -0.4 is 5.32 Å². The van der Waals surface area contributed by atoms with Crippen molar-refractivity contribution >= 4 is 38.9 Å². The first-order chi connectivity index (χ1) is 8.08. The Morgan fingerprint density at radius 2 is 2.24 bits per heavy atom. The molecular weight excluding hydrogens is 305 g/mol. The first kappa shape index (κ1) is 12.3. The fourth-order valence-corrected chi connectivity index (χ4v) is 2.33. The molecule has 0 atom stereocenters. The quantitative estimate of drug-likeness (QED) is 0.884. The SMILES string of the molecule is Cc1cc(F)c(Br)cc1NC(=O)c1cccs1. The van der Waals surface area contributed by atoms with Gasteiger partial charge in [0.1, 0.15) is 5.82 Å². The summed E-state index contributed by atoms with van der Waals surface area (Å²) in [5.41, 5.74) is 1.30. The lowest BCUT2D eigenvalue weighted by Gasteiger charge is -2.08. The van der Waals surface area contributed by atoms with Crippen LogP contribution in [0, 0.1) is 12.7 Å². The van der Waals surface area contributed by atoms with Gasteiger partial charge in [0.15, 0.2) is 0 Å². The second kappa shape index (κ2) is 4.98. The van der Waals surface area contributed by atoms with E-state index in [0.29, 0.717) is 20.6 Å². The summed E-state index contributed by atoms with van der Waals surface area (Å²) >= 11 is 4.46. The van der Waals surface area contributed by atoms with Gasteiger partial charge < -0.3 is 5.32 Å². The molecule has 0 unspecified atom stereocenters. The molecule has 88 valence electrons. The Hall–Kier alpha value is -1.20. The molecule has 5 heteroatoms. The molecule has 0 bridgehead atoms. The fourth-order valence-electron chi connectivity index (χ4n) is 1.37. The van der Waals surface area contributed by atoms with E-state index in [9.17, 15) is 9.18 Å². The van der Waals surface area contributed by atoms with E-state index in [-0.39, 0.29) is 11.7 Å². The Kier molecular flexibility index (Phi) is 3.59. The van der Waals surface area contributed by atoms with Gasteiger partial charge >= 0.3 is 0 Å². The van der Waals surface area contributed by atoms with Gasteiger partial charge in [-0.1, -0.05) is 6.07 Å². The van der Waals surface area contributed by atoms with Crippen molar-refractivity contribution in [1.29, 1.82) is 0 Å². The number of carbonyl (C=O) groups excluding carboxylic acids is 1. The summed E-state index contributed by atoms with van der Waals surface area (Å²) in [6.07, 6.45) is 0.